The van der Waals surface area contributed by atoms with Crippen LogP contribution in [0.4, 0.5) is 20.4 Å². The Morgan fingerprint density at radius 1 is 1.35 bits per heavy atom. The zero-order chi connectivity index (χ0) is 27.2. The maximum absolute atomic E-state index is 13.9. The largest absolute Gasteiger partial charge is 0.481 e. The maximum Gasteiger partial charge on any atom is 0.300 e. The summed E-state index contributed by atoms with van der Waals surface area (Å²) in [7, 11) is 1.68. The molecule has 3 heterocycles. The quantitative estimate of drug-likeness (QED) is 0.283. The Morgan fingerprint density at radius 3 is 2.65 bits per heavy atom. The molecule has 2 aromatic heterocycles. The molecule has 0 spiro atoms. The molecule has 0 bridgehead atoms. The topological polar surface area (TPSA) is 160 Å². The van der Waals surface area contributed by atoms with Crippen LogP contribution in [0.2, 0.25) is 0 Å². The summed E-state index contributed by atoms with van der Waals surface area (Å²) in [4.78, 5) is 19.8. The molecule has 1 aliphatic carbocycles. The zero-order valence-corrected chi connectivity index (χ0v) is 21.5. The second-order valence-corrected chi connectivity index (χ2v) is 9.40. The molecular formula is C24H36F2N8O3. The molecule has 204 valence electrons. The molecule has 4 rings (SSSR count). The van der Waals surface area contributed by atoms with Crippen LogP contribution in [0.1, 0.15) is 56.8 Å². The first kappa shape index (κ1) is 28.1. The number of alkyl halides is 2. The number of hydrazine groups is 1. The first-order valence-corrected chi connectivity index (χ1v) is 12.3. The van der Waals surface area contributed by atoms with E-state index in [0.717, 1.165) is 24.7 Å². The number of aliphatic carboxylic acids is 1. The molecule has 0 atom stereocenters. The van der Waals surface area contributed by atoms with Gasteiger partial charge in [0.15, 0.2) is 0 Å². The number of aromatic nitrogens is 3. The summed E-state index contributed by atoms with van der Waals surface area (Å²) in [6.07, 6.45) is 4.18. The average molecular weight is 523 g/mol. The molecule has 0 unspecified atom stereocenters. The third-order valence-electron chi connectivity index (χ3n) is 6.07. The van der Waals surface area contributed by atoms with Gasteiger partial charge in [0.1, 0.15) is 0 Å². The second-order valence-electron chi connectivity index (χ2n) is 9.40. The highest BCUT2D eigenvalue weighted by Gasteiger charge is 2.36. The van der Waals surface area contributed by atoms with Crippen molar-refractivity contribution in [3.05, 3.63) is 35.1 Å². The number of halogens is 2. The minimum atomic E-state index is -2.68. The average Bonchev–Trinajstić information content (AvgIpc) is 3.53. The summed E-state index contributed by atoms with van der Waals surface area (Å²) in [6, 6.07) is 3.57. The van der Waals surface area contributed by atoms with Crippen LogP contribution < -0.4 is 21.8 Å². The lowest BCUT2D eigenvalue weighted by atomic mass is 10.1. The third-order valence-corrected chi connectivity index (χ3v) is 6.07. The van der Waals surface area contributed by atoms with Crippen LogP contribution in [0, 0.1) is 5.92 Å². The number of likely N-dealkylation sites (N-methyl/N-ethyl adjacent to an activating group) is 1. The molecule has 13 heteroatoms. The molecule has 6 N–H and O–H groups in total. The van der Waals surface area contributed by atoms with Crippen molar-refractivity contribution in [2.24, 2.45) is 17.5 Å². The van der Waals surface area contributed by atoms with Gasteiger partial charge in [0.25, 0.3) is 17.8 Å². The van der Waals surface area contributed by atoms with E-state index in [1.54, 1.807) is 18.0 Å². The van der Waals surface area contributed by atoms with Crippen LogP contribution in [0.15, 0.2) is 22.4 Å². The lowest BCUT2D eigenvalue weighted by Gasteiger charge is -2.35. The summed E-state index contributed by atoms with van der Waals surface area (Å²) >= 11 is 0. The van der Waals surface area contributed by atoms with E-state index in [9.17, 15) is 8.78 Å². The van der Waals surface area contributed by atoms with Crippen molar-refractivity contribution < 1.29 is 23.2 Å². The van der Waals surface area contributed by atoms with E-state index < -0.39 is 11.9 Å². The summed E-state index contributed by atoms with van der Waals surface area (Å²) in [5, 5.41) is 15.9. The number of aryl methyl sites for hydroxylation is 1. The number of rotatable bonds is 9. The van der Waals surface area contributed by atoms with Crippen LogP contribution in [0.5, 0.6) is 0 Å². The normalized spacial score (nSPS) is 17.4. The number of carboxylic acid groups (broad SMARTS) is 1. The molecule has 2 aromatic rings. The van der Waals surface area contributed by atoms with Gasteiger partial charge in [0.2, 0.25) is 5.89 Å². The van der Waals surface area contributed by atoms with Crippen LogP contribution in [-0.2, 0) is 17.6 Å². The molecule has 0 radical (unpaired) electrons. The highest BCUT2D eigenvalue weighted by Crippen LogP contribution is 2.33. The van der Waals surface area contributed by atoms with Gasteiger partial charge < -0.3 is 30.6 Å². The highest BCUT2D eigenvalue weighted by atomic mass is 19.3. The molecular weight excluding hydrogens is 486 g/mol. The van der Waals surface area contributed by atoms with E-state index in [1.807, 2.05) is 13.0 Å². The van der Waals surface area contributed by atoms with Gasteiger partial charge in [-0.25, -0.2) is 19.6 Å². The lowest BCUT2D eigenvalue weighted by Crippen LogP contribution is -2.43. The smallest absolute Gasteiger partial charge is 0.300 e. The number of nitrogens with two attached hydrogens (primary N) is 2. The van der Waals surface area contributed by atoms with E-state index in [-0.39, 0.29) is 19.5 Å². The fourth-order valence-corrected chi connectivity index (χ4v) is 4.06. The molecule has 37 heavy (non-hydrogen) atoms. The Hall–Kier alpha value is -3.48. The Labute approximate surface area is 214 Å². The summed E-state index contributed by atoms with van der Waals surface area (Å²) in [5.74, 6) is 4.16. The van der Waals surface area contributed by atoms with Gasteiger partial charge in [0.05, 0.1) is 41.6 Å². The maximum atomic E-state index is 13.9. The van der Waals surface area contributed by atoms with Crippen molar-refractivity contribution in [2.45, 2.75) is 58.3 Å². The van der Waals surface area contributed by atoms with E-state index >= 15 is 0 Å². The number of carbonyl (C=O) groups is 1. The van der Waals surface area contributed by atoms with E-state index in [2.05, 4.69) is 20.4 Å². The van der Waals surface area contributed by atoms with Gasteiger partial charge in [-0.3, -0.25) is 4.79 Å². The third kappa shape index (κ3) is 8.27. The van der Waals surface area contributed by atoms with Gasteiger partial charge in [-0.1, -0.05) is 6.92 Å². The molecule has 1 saturated heterocycles. The van der Waals surface area contributed by atoms with Crippen molar-refractivity contribution in [2.75, 3.05) is 36.9 Å². The lowest BCUT2D eigenvalue weighted by molar-refractivity contribution is -0.134. The number of nitrogens with one attached hydrogen (secondary N) is 1. The minimum Gasteiger partial charge on any atom is -0.481 e. The Kier molecular flexibility index (Phi) is 9.24. The summed E-state index contributed by atoms with van der Waals surface area (Å²) < 4.78 is 33.2. The number of nitrogens with zero attached hydrogens (tertiary/aromatic N) is 5. The standard InChI is InChI=1S/C22H32F2N8O.C2H4O2/c1-3-15-17(32-10-4-9-22(23,24)13-32)8-7-16(28-15)20(25)18(31(2)26)12-27-21-29-19(33-30-21)11-14-5-6-14;1-2(3)4/h7-8,14H,3-6,9-13,25-26H2,1-2H3,(H,27,30);1H3,(H,3,4)/b20-18-;. The molecule has 2 aliphatic rings. The van der Waals surface area contributed by atoms with Gasteiger partial charge in [-0.15, -0.1) is 0 Å². The van der Waals surface area contributed by atoms with Gasteiger partial charge in [-0.2, -0.15) is 4.98 Å². The second kappa shape index (κ2) is 12.2. The SMILES string of the molecule is CC(=O)O.CCc1nc(/C(N)=C(\CNc2noc(CC3CC3)n2)N(C)N)ccc1N1CCCC(F)(F)C1. The van der Waals surface area contributed by atoms with Crippen molar-refractivity contribution in [3.63, 3.8) is 0 Å². The van der Waals surface area contributed by atoms with Gasteiger partial charge >= 0.3 is 0 Å². The van der Waals surface area contributed by atoms with E-state index in [1.165, 1.54) is 17.9 Å². The van der Waals surface area contributed by atoms with Crippen molar-refractivity contribution in [1.29, 1.82) is 0 Å². The number of pyridine rings is 1. The monoisotopic (exact) mass is 522 g/mol. The van der Waals surface area contributed by atoms with Crippen molar-refractivity contribution in [3.8, 4) is 0 Å². The fraction of sp³-hybridized carbons (Fsp3) is 0.583. The number of hydrogen-bond acceptors (Lipinski definition) is 10. The predicted octanol–water partition coefficient (Wildman–Crippen LogP) is 2.85. The van der Waals surface area contributed by atoms with Crippen molar-refractivity contribution in [1.82, 2.24) is 20.1 Å². The highest BCUT2D eigenvalue weighted by molar-refractivity contribution is 5.66. The molecule has 1 saturated carbocycles. The molecule has 0 aromatic carbocycles. The number of carboxylic acids is 1. The van der Waals surface area contributed by atoms with Crippen LogP contribution in [0.25, 0.3) is 5.70 Å². The fourth-order valence-electron chi connectivity index (χ4n) is 4.06. The molecule has 1 aliphatic heterocycles. The molecule has 0 amide bonds. The molecule has 11 nitrogen and oxygen atoms in total. The molecule has 2 fully saturated rings. The van der Waals surface area contributed by atoms with E-state index in [0.29, 0.717) is 54.2 Å². The van der Waals surface area contributed by atoms with E-state index in [4.69, 9.17) is 26.0 Å². The first-order valence-electron chi connectivity index (χ1n) is 12.3. The number of piperidine rings is 1. The number of anilines is 2. The van der Waals surface area contributed by atoms with Crippen molar-refractivity contribution >= 4 is 23.3 Å². The first-order chi connectivity index (χ1) is 17.5. The number of hydrogen-bond donors (Lipinski definition) is 4. The van der Waals surface area contributed by atoms with Crippen LogP contribution in [-0.4, -0.2) is 63.8 Å². The van der Waals surface area contributed by atoms with Gasteiger partial charge in [0, 0.05) is 33.4 Å². The van der Waals surface area contributed by atoms with Gasteiger partial charge in [-0.05, 0) is 48.9 Å². The zero-order valence-electron chi connectivity index (χ0n) is 21.5. The van der Waals surface area contributed by atoms with Crippen LogP contribution in [0.3, 0.4) is 0 Å². The predicted molar refractivity (Wildman–Crippen MR) is 136 cm³/mol. The Balaban J connectivity index is 0.000000886. The Bertz CT molecular complexity index is 1100. The van der Waals surface area contributed by atoms with Crippen LogP contribution >= 0.6 is 0 Å². The summed E-state index contributed by atoms with van der Waals surface area (Å²) in [5.41, 5.74) is 9.41. The Morgan fingerprint density at radius 2 is 2.05 bits per heavy atom. The minimum absolute atomic E-state index is 0.0756. The summed E-state index contributed by atoms with van der Waals surface area (Å²) in [6.45, 7) is 3.60.